The molecule has 0 aliphatic carbocycles. The van der Waals surface area contributed by atoms with Gasteiger partial charge in [-0.05, 0) is 18.6 Å². The van der Waals surface area contributed by atoms with Crippen molar-refractivity contribution in [2.24, 2.45) is 11.1 Å². The first-order valence-electron chi connectivity index (χ1n) is 5.87. The molecule has 94 valence electrons. The number of oxime groups is 1. The van der Waals surface area contributed by atoms with Gasteiger partial charge in [0.2, 0.25) is 6.29 Å². The molecule has 3 heterocycles. The van der Waals surface area contributed by atoms with Gasteiger partial charge in [0.25, 0.3) is 5.91 Å². The first-order valence-corrected chi connectivity index (χ1v) is 5.87. The van der Waals surface area contributed by atoms with Crippen molar-refractivity contribution in [3.8, 4) is 0 Å². The fourth-order valence-electron chi connectivity index (χ4n) is 2.11. The molecule has 1 aromatic rings. The number of pyridine rings is 1. The molecule has 18 heavy (non-hydrogen) atoms. The van der Waals surface area contributed by atoms with Gasteiger partial charge in [-0.2, -0.15) is 0 Å². The molecule has 1 N–H and O–H groups in total. The molecule has 1 amide bonds. The summed E-state index contributed by atoms with van der Waals surface area (Å²) in [7, 11) is 0. The van der Waals surface area contributed by atoms with Crippen LogP contribution >= 0.6 is 0 Å². The maximum atomic E-state index is 11.8. The normalized spacial score (nSPS) is 25.2. The third-order valence-electron chi connectivity index (χ3n) is 3.10. The Bertz CT molecular complexity index is 475. The minimum absolute atomic E-state index is 0.159. The summed E-state index contributed by atoms with van der Waals surface area (Å²) in [5, 5.41) is 6.76. The minimum atomic E-state index is -0.254. The minimum Gasteiger partial charge on any atom is -0.363 e. The molecule has 0 bridgehead atoms. The molecular formula is C12H13N3O3. The highest BCUT2D eigenvalue weighted by Crippen LogP contribution is 2.28. The monoisotopic (exact) mass is 247 g/mol. The van der Waals surface area contributed by atoms with E-state index in [1.165, 1.54) is 6.20 Å². The molecule has 2 atom stereocenters. The van der Waals surface area contributed by atoms with E-state index in [2.05, 4.69) is 15.5 Å². The predicted octanol–water partition coefficient (Wildman–Crippen LogP) is 0.560. The number of carbonyl (C=O) groups is 1. The van der Waals surface area contributed by atoms with Crippen LogP contribution in [0.5, 0.6) is 0 Å². The van der Waals surface area contributed by atoms with Crippen molar-refractivity contribution >= 4 is 11.6 Å². The number of nitrogens with zero attached hydrogens (tertiary/aromatic N) is 2. The zero-order valence-electron chi connectivity index (χ0n) is 9.70. The summed E-state index contributed by atoms with van der Waals surface area (Å²) >= 11 is 0. The largest absolute Gasteiger partial charge is 0.363 e. The van der Waals surface area contributed by atoms with Crippen molar-refractivity contribution in [1.29, 1.82) is 0 Å². The number of carbonyl (C=O) groups excluding carboxylic acids is 1. The van der Waals surface area contributed by atoms with Gasteiger partial charge in [0, 0.05) is 12.4 Å². The molecule has 1 aromatic heterocycles. The second kappa shape index (κ2) is 4.73. The van der Waals surface area contributed by atoms with E-state index in [1.807, 2.05) is 0 Å². The van der Waals surface area contributed by atoms with Gasteiger partial charge < -0.3 is 14.9 Å². The fourth-order valence-corrected chi connectivity index (χ4v) is 2.11. The Morgan fingerprint density at radius 1 is 1.56 bits per heavy atom. The Hall–Kier alpha value is -1.95. The van der Waals surface area contributed by atoms with E-state index in [4.69, 9.17) is 9.57 Å². The summed E-state index contributed by atoms with van der Waals surface area (Å²) in [6.07, 6.45) is 3.80. The number of aromatic nitrogens is 1. The van der Waals surface area contributed by atoms with Crippen LogP contribution < -0.4 is 5.32 Å². The van der Waals surface area contributed by atoms with Crippen molar-refractivity contribution < 1.29 is 14.4 Å². The van der Waals surface area contributed by atoms with Crippen LogP contribution in [0.4, 0.5) is 0 Å². The van der Waals surface area contributed by atoms with Crippen molar-refractivity contribution in [2.75, 3.05) is 13.2 Å². The summed E-state index contributed by atoms with van der Waals surface area (Å²) in [6, 6.07) is 3.45. The molecule has 2 aliphatic heterocycles. The van der Waals surface area contributed by atoms with Gasteiger partial charge in [-0.3, -0.25) is 9.78 Å². The lowest BCUT2D eigenvalue weighted by Crippen LogP contribution is -2.33. The highest BCUT2D eigenvalue weighted by molar-refractivity contribution is 5.98. The first-order chi connectivity index (χ1) is 8.84. The van der Waals surface area contributed by atoms with Crippen LogP contribution in [0.1, 0.15) is 16.8 Å². The quantitative estimate of drug-likeness (QED) is 0.847. The number of amides is 1. The molecule has 1 fully saturated rings. The predicted molar refractivity (Wildman–Crippen MR) is 62.9 cm³/mol. The van der Waals surface area contributed by atoms with Gasteiger partial charge >= 0.3 is 0 Å². The summed E-state index contributed by atoms with van der Waals surface area (Å²) in [5.41, 5.74) is 1.38. The third-order valence-corrected chi connectivity index (χ3v) is 3.10. The Morgan fingerprint density at radius 2 is 2.50 bits per heavy atom. The fraction of sp³-hybridized carbons (Fsp3) is 0.417. The molecule has 2 aliphatic rings. The van der Waals surface area contributed by atoms with E-state index in [0.29, 0.717) is 18.7 Å². The second-order valence-corrected chi connectivity index (χ2v) is 4.25. The summed E-state index contributed by atoms with van der Waals surface area (Å²) in [5.74, 6) is 0.0207. The zero-order chi connectivity index (χ0) is 12.4. The lowest BCUT2D eigenvalue weighted by Gasteiger charge is -2.08. The molecule has 3 rings (SSSR count). The number of fused-ring (bicyclic) bond motifs is 1. The van der Waals surface area contributed by atoms with E-state index in [-0.39, 0.29) is 18.1 Å². The Labute approximate surface area is 104 Å². The van der Waals surface area contributed by atoms with Crippen molar-refractivity contribution in [3.63, 3.8) is 0 Å². The Kier molecular flexibility index (Phi) is 2.93. The van der Waals surface area contributed by atoms with Crippen LogP contribution in [0.2, 0.25) is 0 Å². The highest BCUT2D eigenvalue weighted by atomic mass is 16.8. The van der Waals surface area contributed by atoms with Crippen molar-refractivity contribution in [2.45, 2.75) is 12.7 Å². The van der Waals surface area contributed by atoms with E-state index in [1.54, 1.807) is 18.3 Å². The molecule has 6 nitrogen and oxygen atoms in total. The number of hydrogen-bond donors (Lipinski definition) is 1. The van der Waals surface area contributed by atoms with Gasteiger partial charge in [0.05, 0.1) is 30.3 Å². The van der Waals surface area contributed by atoms with Gasteiger partial charge in [-0.1, -0.05) is 5.16 Å². The molecule has 0 saturated carbocycles. The standard InChI is InChI=1S/C12H13N3O3/c16-11(8-2-1-4-13-6-8)14-7-10-9-3-5-17-12(9)18-15-10/h1-2,4,6,9,12H,3,5,7H2,(H,14,16). The highest BCUT2D eigenvalue weighted by Gasteiger charge is 2.39. The van der Waals surface area contributed by atoms with E-state index >= 15 is 0 Å². The number of ether oxygens (including phenoxy) is 1. The molecule has 6 heteroatoms. The average molecular weight is 247 g/mol. The van der Waals surface area contributed by atoms with Crippen LogP contribution in [0, 0.1) is 5.92 Å². The lowest BCUT2D eigenvalue weighted by molar-refractivity contribution is -0.106. The smallest absolute Gasteiger partial charge is 0.253 e. The van der Waals surface area contributed by atoms with E-state index in [0.717, 1.165) is 12.1 Å². The summed E-state index contributed by atoms with van der Waals surface area (Å²) in [6.45, 7) is 1.07. The van der Waals surface area contributed by atoms with Crippen LogP contribution in [-0.4, -0.2) is 36.0 Å². The maximum absolute atomic E-state index is 11.8. The molecular weight excluding hydrogens is 234 g/mol. The van der Waals surface area contributed by atoms with Crippen LogP contribution in [0.3, 0.4) is 0 Å². The number of hydrogen-bond acceptors (Lipinski definition) is 5. The van der Waals surface area contributed by atoms with Gasteiger partial charge in [0.15, 0.2) is 0 Å². The van der Waals surface area contributed by atoms with Crippen LogP contribution in [-0.2, 0) is 9.57 Å². The molecule has 0 spiro atoms. The summed E-state index contributed by atoms with van der Waals surface area (Å²) in [4.78, 5) is 20.8. The Morgan fingerprint density at radius 3 is 3.33 bits per heavy atom. The lowest BCUT2D eigenvalue weighted by atomic mass is 10.0. The third kappa shape index (κ3) is 2.06. The Balaban J connectivity index is 1.57. The molecule has 0 radical (unpaired) electrons. The van der Waals surface area contributed by atoms with Gasteiger partial charge in [-0.25, -0.2) is 0 Å². The second-order valence-electron chi connectivity index (χ2n) is 4.25. The topological polar surface area (TPSA) is 72.8 Å². The van der Waals surface area contributed by atoms with Crippen molar-refractivity contribution in [3.05, 3.63) is 30.1 Å². The average Bonchev–Trinajstić information content (AvgIpc) is 3.00. The first kappa shape index (κ1) is 11.2. The number of nitrogens with one attached hydrogen (secondary N) is 1. The maximum Gasteiger partial charge on any atom is 0.253 e. The van der Waals surface area contributed by atoms with E-state index in [9.17, 15) is 4.79 Å². The van der Waals surface area contributed by atoms with Gasteiger partial charge in [-0.15, -0.1) is 0 Å². The number of rotatable bonds is 3. The SMILES string of the molecule is O=C(NCC1=NOC2OCCC12)c1cccnc1. The molecule has 1 saturated heterocycles. The van der Waals surface area contributed by atoms with Crippen molar-refractivity contribution in [1.82, 2.24) is 10.3 Å². The molecule has 2 unspecified atom stereocenters. The van der Waals surface area contributed by atoms with Crippen LogP contribution in [0.15, 0.2) is 29.7 Å². The van der Waals surface area contributed by atoms with Crippen LogP contribution in [0.25, 0.3) is 0 Å². The summed E-state index contributed by atoms with van der Waals surface area (Å²) < 4.78 is 5.34. The van der Waals surface area contributed by atoms with E-state index < -0.39 is 0 Å². The zero-order valence-corrected chi connectivity index (χ0v) is 9.70. The molecule has 0 aromatic carbocycles. The van der Waals surface area contributed by atoms with Gasteiger partial charge in [0.1, 0.15) is 0 Å².